The molecule has 0 bridgehead atoms. The molecule has 1 fully saturated rings. The van der Waals surface area contributed by atoms with E-state index < -0.39 is 6.10 Å². The lowest BCUT2D eigenvalue weighted by molar-refractivity contribution is -0.143. The molecule has 1 aliphatic rings. The average Bonchev–Trinajstić information content (AvgIpc) is 2.78. The molecule has 0 amide bonds. The zero-order chi connectivity index (χ0) is 13.7. The number of ether oxygens (including phenoxy) is 2. The number of hydrogen-bond acceptors (Lipinski definition) is 4. The maximum atomic E-state index is 11.3. The SMILES string of the molecule is CCNC(C)Cc1ccc(OC2CCOC2=O)cc1. The van der Waals surface area contributed by atoms with Gasteiger partial charge in [0.25, 0.3) is 0 Å². The van der Waals surface area contributed by atoms with E-state index >= 15 is 0 Å². The monoisotopic (exact) mass is 263 g/mol. The first kappa shape index (κ1) is 13.9. The first-order valence-electron chi connectivity index (χ1n) is 6.84. The van der Waals surface area contributed by atoms with E-state index in [2.05, 4.69) is 19.2 Å². The second kappa shape index (κ2) is 6.57. The Hall–Kier alpha value is -1.55. The first-order valence-corrected chi connectivity index (χ1v) is 6.84. The Bertz CT molecular complexity index is 416. The van der Waals surface area contributed by atoms with Crippen molar-refractivity contribution in [1.82, 2.24) is 5.32 Å². The lowest BCUT2D eigenvalue weighted by atomic mass is 10.1. The Labute approximate surface area is 114 Å². The van der Waals surface area contributed by atoms with Crippen LogP contribution < -0.4 is 10.1 Å². The molecule has 0 saturated carbocycles. The van der Waals surface area contributed by atoms with Crippen molar-refractivity contribution in [2.75, 3.05) is 13.2 Å². The second-order valence-electron chi connectivity index (χ2n) is 4.87. The number of hydrogen-bond donors (Lipinski definition) is 1. The summed E-state index contributed by atoms with van der Waals surface area (Å²) in [5, 5.41) is 3.38. The van der Waals surface area contributed by atoms with Gasteiger partial charge in [0.2, 0.25) is 0 Å². The molecule has 2 unspecified atom stereocenters. The highest BCUT2D eigenvalue weighted by Crippen LogP contribution is 2.18. The summed E-state index contributed by atoms with van der Waals surface area (Å²) in [6, 6.07) is 8.38. The standard InChI is InChI=1S/C15H21NO3/c1-3-16-11(2)10-12-4-6-13(7-5-12)19-14-8-9-18-15(14)17/h4-7,11,14,16H,3,8-10H2,1-2H3. The number of carbonyl (C=O) groups is 1. The fourth-order valence-corrected chi connectivity index (χ4v) is 2.23. The van der Waals surface area contributed by atoms with Crippen molar-refractivity contribution < 1.29 is 14.3 Å². The molecule has 0 aliphatic carbocycles. The van der Waals surface area contributed by atoms with Crippen molar-refractivity contribution in [2.24, 2.45) is 0 Å². The minimum atomic E-state index is -0.438. The largest absolute Gasteiger partial charge is 0.479 e. The van der Waals surface area contributed by atoms with E-state index in [1.807, 2.05) is 24.3 Å². The molecular weight excluding hydrogens is 242 g/mol. The van der Waals surface area contributed by atoms with Gasteiger partial charge in [-0.15, -0.1) is 0 Å². The van der Waals surface area contributed by atoms with Crippen LogP contribution in [0, 0.1) is 0 Å². The molecule has 4 heteroatoms. The summed E-state index contributed by atoms with van der Waals surface area (Å²) >= 11 is 0. The molecule has 0 spiro atoms. The van der Waals surface area contributed by atoms with Gasteiger partial charge in [-0.1, -0.05) is 19.1 Å². The Morgan fingerprint density at radius 3 is 2.74 bits per heavy atom. The van der Waals surface area contributed by atoms with Gasteiger partial charge in [0.15, 0.2) is 6.10 Å². The maximum absolute atomic E-state index is 11.3. The number of esters is 1. The summed E-state index contributed by atoms with van der Waals surface area (Å²) in [6.45, 7) is 5.71. The van der Waals surface area contributed by atoms with Gasteiger partial charge in [0.05, 0.1) is 6.61 Å². The number of nitrogens with one attached hydrogen (secondary N) is 1. The minimum Gasteiger partial charge on any atom is -0.479 e. The number of rotatable bonds is 6. The Morgan fingerprint density at radius 1 is 1.42 bits per heavy atom. The molecule has 19 heavy (non-hydrogen) atoms. The predicted octanol–water partition coefficient (Wildman–Crippen LogP) is 1.92. The topological polar surface area (TPSA) is 47.6 Å². The summed E-state index contributed by atoms with van der Waals surface area (Å²) < 4.78 is 10.5. The highest BCUT2D eigenvalue weighted by molar-refractivity contribution is 5.76. The normalized spacial score (nSPS) is 20.1. The molecule has 2 rings (SSSR count). The van der Waals surface area contributed by atoms with Crippen LogP contribution in [-0.4, -0.2) is 31.3 Å². The van der Waals surface area contributed by atoms with Gasteiger partial charge < -0.3 is 14.8 Å². The van der Waals surface area contributed by atoms with Gasteiger partial charge in [-0.25, -0.2) is 4.79 Å². The van der Waals surface area contributed by atoms with Crippen LogP contribution in [0.1, 0.15) is 25.8 Å². The molecule has 1 heterocycles. The Morgan fingerprint density at radius 2 is 2.16 bits per heavy atom. The number of cyclic esters (lactones) is 1. The predicted molar refractivity (Wildman–Crippen MR) is 73.3 cm³/mol. The van der Waals surface area contributed by atoms with Crippen LogP contribution in [0.25, 0.3) is 0 Å². The fraction of sp³-hybridized carbons (Fsp3) is 0.533. The molecule has 4 nitrogen and oxygen atoms in total. The Balaban J connectivity index is 1.89. The number of benzene rings is 1. The van der Waals surface area contributed by atoms with Crippen molar-refractivity contribution in [3.63, 3.8) is 0 Å². The van der Waals surface area contributed by atoms with E-state index in [1.54, 1.807) is 0 Å². The molecule has 1 aliphatic heterocycles. The first-order chi connectivity index (χ1) is 9.19. The molecule has 1 saturated heterocycles. The highest BCUT2D eigenvalue weighted by atomic mass is 16.6. The lowest BCUT2D eigenvalue weighted by Gasteiger charge is -2.13. The lowest BCUT2D eigenvalue weighted by Crippen LogP contribution is -2.27. The minimum absolute atomic E-state index is 0.259. The third-order valence-electron chi connectivity index (χ3n) is 3.18. The zero-order valence-electron chi connectivity index (χ0n) is 11.5. The van der Waals surface area contributed by atoms with Crippen molar-refractivity contribution in [1.29, 1.82) is 0 Å². The molecule has 104 valence electrons. The summed E-state index contributed by atoms with van der Waals surface area (Å²) in [7, 11) is 0. The quantitative estimate of drug-likeness (QED) is 0.797. The van der Waals surface area contributed by atoms with E-state index in [4.69, 9.17) is 9.47 Å². The fourth-order valence-electron chi connectivity index (χ4n) is 2.23. The average molecular weight is 263 g/mol. The van der Waals surface area contributed by atoms with E-state index in [0.717, 1.165) is 18.7 Å². The van der Waals surface area contributed by atoms with Gasteiger partial charge in [0.1, 0.15) is 5.75 Å². The van der Waals surface area contributed by atoms with Crippen molar-refractivity contribution >= 4 is 5.97 Å². The van der Waals surface area contributed by atoms with Gasteiger partial charge in [-0.05, 0) is 37.6 Å². The Kier molecular flexibility index (Phi) is 4.80. The molecule has 1 aromatic rings. The van der Waals surface area contributed by atoms with E-state index in [1.165, 1.54) is 5.56 Å². The van der Waals surface area contributed by atoms with E-state index in [9.17, 15) is 4.79 Å². The van der Waals surface area contributed by atoms with E-state index in [-0.39, 0.29) is 5.97 Å². The van der Waals surface area contributed by atoms with Gasteiger partial charge in [0, 0.05) is 12.5 Å². The number of likely N-dealkylation sites (N-methyl/N-ethyl adjacent to an activating group) is 1. The smallest absolute Gasteiger partial charge is 0.347 e. The van der Waals surface area contributed by atoms with Gasteiger partial charge in [-0.3, -0.25) is 0 Å². The molecule has 2 atom stereocenters. The molecule has 0 radical (unpaired) electrons. The van der Waals surface area contributed by atoms with E-state index in [0.29, 0.717) is 19.1 Å². The molecule has 1 aromatic carbocycles. The summed E-state index contributed by atoms with van der Waals surface area (Å²) in [4.78, 5) is 11.3. The van der Waals surface area contributed by atoms with Gasteiger partial charge >= 0.3 is 5.97 Å². The van der Waals surface area contributed by atoms with Crippen LogP contribution >= 0.6 is 0 Å². The van der Waals surface area contributed by atoms with Crippen LogP contribution in [-0.2, 0) is 16.0 Å². The van der Waals surface area contributed by atoms with Crippen LogP contribution in [0.15, 0.2) is 24.3 Å². The van der Waals surface area contributed by atoms with Crippen molar-refractivity contribution in [3.8, 4) is 5.75 Å². The summed E-state index contributed by atoms with van der Waals surface area (Å²) in [5.41, 5.74) is 1.26. The number of carbonyl (C=O) groups excluding carboxylic acids is 1. The second-order valence-corrected chi connectivity index (χ2v) is 4.87. The van der Waals surface area contributed by atoms with Crippen LogP contribution in [0.2, 0.25) is 0 Å². The van der Waals surface area contributed by atoms with Crippen molar-refractivity contribution in [3.05, 3.63) is 29.8 Å². The summed E-state index contributed by atoms with van der Waals surface area (Å²) in [6.07, 6.45) is 1.18. The molecular formula is C15H21NO3. The highest BCUT2D eigenvalue weighted by Gasteiger charge is 2.28. The van der Waals surface area contributed by atoms with Gasteiger partial charge in [-0.2, -0.15) is 0 Å². The molecule has 0 aromatic heterocycles. The maximum Gasteiger partial charge on any atom is 0.347 e. The van der Waals surface area contributed by atoms with Crippen LogP contribution in [0.5, 0.6) is 5.75 Å². The van der Waals surface area contributed by atoms with Crippen molar-refractivity contribution in [2.45, 2.75) is 38.8 Å². The third kappa shape index (κ3) is 3.96. The zero-order valence-corrected chi connectivity index (χ0v) is 11.5. The molecule has 1 N–H and O–H groups in total. The third-order valence-corrected chi connectivity index (χ3v) is 3.18. The van der Waals surface area contributed by atoms with Crippen LogP contribution in [0.4, 0.5) is 0 Å². The van der Waals surface area contributed by atoms with Crippen LogP contribution in [0.3, 0.4) is 0 Å². The summed E-state index contributed by atoms with van der Waals surface area (Å²) in [5.74, 6) is 0.466.